The second kappa shape index (κ2) is 8.23. The van der Waals surface area contributed by atoms with Gasteiger partial charge in [0.1, 0.15) is 0 Å². The topological polar surface area (TPSA) is 79.4 Å². The number of nitrogens with zero attached hydrogens (tertiary/aromatic N) is 2. The molecule has 9 heteroatoms. The molecule has 0 aliphatic carbocycles. The van der Waals surface area contributed by atoms with Crippen molar-refractivity contribution in [3.8, 4) is 11.3 Å². The van der Waals surface area contributed by atoms with E-state index in [0.717, 1.165) is 24.1 Å². The Hall–Kier alpha value is -2.26. The maximum Gasteiger partial charge on any atom is 0.257 e. The zero-order chi connectivity index (χ0) is 20.4. The van der Waals surface area contributed by atoms with Gasteiger partial charge in [-0.3, -0.25) is 10.1 Å². The third-order valence-electron chi connectivity index (χ3n) is 4.68. The number of benzene rings is 2. The van der Waals surface area contributed by atoms with Crippen LogP contribution in [0.15, 0.2) is 58.8 Å². The molecule has 0 bridgehead atoms. The first-order chi connectivity index (χ1) is 13.9. The summed E-state index contributed by atoms with van der Waals surface area (Å²) in [7, 11) is -3.49. The molecular weight excluding hydrogens is 430 g/mol. The van der Waals surface area contributed by atoms with Crippen LogP contribution in [0.4, 0.5) is 5.13 Å². The van der Waals surface area contributed by atoms with Gasteiger partial charge in [0.15, 0.2) is 5.13 Å². The number of rotatable bonds is 5. The zero-order valence-electron chi connectivity index (χ0n) is 15.3. The van der Waals surface area contributed by atoms with Crippen molar-refractivity contribution < 1.29 is 13.2 Å². The molecule has 6 nitrogen and oxygen atoms in total. The van der Waals surface area contributed by atoms with Crippen LogP contribution in [0.3, 0.4) is 0 Å². The number of halogens is 1. The summed E-state index contributed by atoms with van der Waals surface area (Å²) < 4.78 is 26.6. The summed E-state index contributed by atoms with van der Waals surface area (Å²) in [6, 6.07) is 13.3. The Bertz CT molecular complexity index is 1120. The van der Waals surface area contributed by atoms with E-state index in [1.807, 2.05) is 17.5 Å². The van der Waals surface area contributed by atoms with Crippen LogP contribution in [-0.4, -0.2) is 36.7 Å². The van der Waals surface area contributed by atoms with Gasteiger partial charge in [-0.25, -0.2) is 13.4 Å². The molecule has 0 unspecified atom stereocenters. The van der Waals surface area contributed by atoms with Gasteiger partial charge in [-0.2, -0.15) is 4.31 Å². The van der Waals surface area contributed by atoms with Gasteiger partial charge in [0.2, 0.25) is 10.0 Å². The summed E-state index contributed by atoms with van der Waals surface area (Å²) in [5.74, 6) is -0.341. The van der Waals surface area contributed by atoms with Crippen LogP contribution >= 0.6 is 22.9 Å². The molecule has 3 aromatic rings. The van der Waals surface area contributed by atoms with Crippen molar-refractivity contribution in [3.05, 3.63) is 64.5 Å². The number of hydrogen-bond acceptors (Lipinski definition) is 5. The van der Waals surface area contributed by atoms with Crippen molar-refractivity contribution in [2.24, 2.45) is 0 Å². The molecule has 1 aliphatic rings. The average molecular weight is 448 g/mol. The Morgan fingerprint density at radius 2 is 1.69 bits per heavy atom. The van der Waals surface area contributed by atoms with Gasteiger partial charge in [0.25, 0.3) is 5.91 Å². The molecule has 1 amide bonds. The Labute approximate surface area is 178 Å². The summed E-state index contributed by atoms with van der Waals surface area (Å²) in [5.41, 5.74) is 2.02. The van der Waals surface area contributed by atoms with E-state index in [9.17, 15) is 13.2 Å². The van der Waals surface area contributed by atoms with E-state index in [4.69, 9.17) is 11.6 Å². The zero-order valence-corrected chi connectivity index (χ0v) is 17.7. The minimum atomic E-state index is -3.49. The molecule has 150 valence electrons. The van der Waals surface area contributed by atoms with Crippen molar-refractivity contribution in [1.29, 1.82) is 0 Å². The lowest BCUT2D eigenvalue weighted by Crippen LogP contribution is -2.27. The highest BCUT2D eigenvalue weighted by Crippen LogP contribution is 2.26. The van der Waals surface area contributed by atoms with Crippen LogP contribution in [0, 0.1) is 0 Å². The minimum Gasteiger partial charge on any atom is -0.298 e. The summed E-state index contributed by atoms with van der Waals surface area (Å²) in [6.45, 7) is 1.09. The van der Waals surface area contributed by atoms with Crippen LogP contribution in [0.5, 0.6) is 0 Å². The molecule has 4 rings (SSSR count). The van der Waals surface area contributed by atoms with E-state index >= 15 is 0 Å². The van der Waals surface area contributed by atoms with E-state index in [2.05, 4.69) is 10.3 Å². The molecule has 0 saturated carbocycles. The van der Waals surface area contributed by atoms with E-state index in [1.54, 1.807) is 12.1 Å². The van der Waals surface area contributed by atoms with E-state index < -0.39 is 10.0 Å². The van der Waals surface area contributed by atoms with Gasteiger partial charge in [-0.15, -0.1) is 11.3 Å². The lowest BCUT2D eigenvalue weighted by atomic mass is 10.2. The van der Waals surface area contributed by atoms with Gasteiger partial charge < -0.3 is 0 Å². The maximum absolute atomic E-state index is 12.6. The maximum atomic E-state index is 12.6. The molecule has 29 heavy (non-hydrogen) atoms. The fourth-order valence-corrected chi connectivity index (χ4v) is 5.47. The molecular formula is C20H18ClN3O3S2. The molecule has 2 heterocycles. The standard InChI is InChI=1S/C20H18ClN3O3S2/c21-16-7-3-14(4-8-16)18-13-28-20(22-18)23-19(25)15-5-9-17(10-6-15)29(26,27)24-11-1-2-12-24/h3-10,13H,1-2,11-12H2,(H,22,23,25). The number of thiazole rings is 1. The average Bonchev–Trinajstić information content (AvgIpc) is 3.41. The monoisotopic (exact) mass is 447 g/mol. The Morgan fingerprint density at radius 3 is 2.34 bits per heavy atom. The summed E-state index contributed by atoms with van der Waals surface area (Å²) >= 11 is 7.22. The lowest BCUT2D eigenvalue weighted by molar-refractivity contribution is 0.102. The first-order valence-corrected chi connectivity index (χ1v) is 11.8. The summed E-state index contributed by atoms with van der Waals surface area (Å²) in [6.07, 6.45) is 1.76. The van der Waals surface area contributed by atoms with Crippen LogP contribution < -0.4 is 5.32 Å². The van der Waals surface area contributed by atoms with Gasteiger partial charge >= 0.3 is 0 Å². The van der Waals surface area contributed by atoms with Crippen LogP contribution in [0.25, 0.3) is 11.3 Å². The van der Waals surface area contributed by atoms with E-state index in [1.165, 1.54) is 39.9 Å². The number of anilines is 1. The first kappa shape index (κ1) is 20.0. The number of nitrogens with one attached hydrogen (secondary N) is 1. The van der Waals surface area contributed by atoms with Gasteiger partial charge in [-0.1, -0.05) is 23.7 Å². The highest BCUT2D eigenvalue weighted by molar-refractivity contribution is 7.89. The number of carbonyl (C=O) groups excluding carboxylic acids is 1. The van der Waals surface area contributed by atoms with Crippen molar-refractivity contribution in [1.82, 2.24) is 9.29 Å². The number of sulfonamides is 1. The van der Waals surface area contributed by atoms with Gasteiger partial charge in [-0.05, 0) is 49.2 Å². The highest BCUT2D eigenvalue weighted by atomic mass is 35.5. The van der Waals surface area contributed by atoms with Gasteiger partial charge in [0.05, 0.1) is 10.6 Å². The van der Waals surface area contributed by atoms with E-state index in [0.29, 0.717) is 28.8 Å². The van der Waals surface area contributed by atoms with Crippen LogP contribution in [0.1, 0.15) is 23.2 Å². The molecule has 2 aromatic carbocycles. The quantitative estimate of drug-likeness (QED) is 0.624. The molecule has 0 radical (unpaired) electrons. The summed E-state index contributed by atoms with van der Waals surface area (Å²) in [5, 5.41) is 5.72. The fraction of sp³-hybridized carbons (Fsp3) is 0.200. The smallest absolute Gasteiger partial charge is 0.257 e. The third kappa shape index (κ3) is 4.35. The molecule has 1 saturated heterocycles. The third-order valence-corrected chi connectivity index (χ3v) is 7.61. The molecule has 1 N–H and O–H groups in total. The Kier molecular flexibility index (Phi) is 5.69. The minimum absolute atomic E-state index is 0.204. The first-order valence-electron chi connectivity index (χ1n) is 9.06. The van der Waals surface area contributed by atoms with Crippen molar-refractivity contribution >= 4 is 44.0 Å². The Morgan fingerprint density at radius 1 is 1.03 bits per heavy atom. The predicted octanol–water partition coefficient (Wildman–Crippen LogP) is 4.50. The second-order valence-corrected chi connectivity index (χ2v) is 9.87. The predicted molar refractivity (Wildman–Crippen MR) is 115 cm³/mol. The normalized spacial score (nSPS) is 14.8. The molecule has 1 aliphatic heterocycles. The number of hydrogen-bond donors (Lipinski definition) is 1. The molecule has 0 spiro atoms. The molecule has 1 aromatic heterocycles. The number of amides is 1. The largest absolute Gasteiger partial charge is 0.298 e. The van der Waals surface area contributed by atoms with Crippen molar-refractivity contribution in [2.75, 3.05) is 18.4 Å². The van der Waals surface area contributed by atoms with Crippen LogP contribution in [-0.2, 0) is 10.0 Å². The SMILES string of the molecule is O=C(Nc1nc(-c2ccc(Cl)cc2)cs1)c1ccc(S(=O)(=O)N2CCCC2)cc1. The highest BCUT2D eigenvalue weighted by Gasteiger charge is 2.27. The fourth-order valence-electron chi connectivity index (χ4n) is 3.11. The van der Waals surface area contributed by atoms with Crippen LogP contribution in [0.2, 0.25) is 5.02 Å². The number of carbonyl (C=O) groups is 1. The Balaban J connectivity index is 1.46. The molecule has 0 atom stereocenters. The summed E-state index contributed by atoms with van der Waals surface area (Å²) in [4.78, 5) is 17.1. The number of aromatic nitrogens is 1. The lowest BCUT2D eigenvalue weighted by Gasteiger charge is -2.15. The van der Waals surface area contributed by atoms with Crippen molar-refractivity contribution in [3.63, 3.8) is 0 Å². The van der Waals surface area contributed by atoms with Crippen molar-refractivity contribution in [2.45, 2.75) is 17.7 Å². The second-order valence-electron chi connectivity index (χ2n) is 6.63. The van der Waals surface area contributed by atoms with E-state index in [-0.39, 0.29) is 10.8 Å². The van der Waals surface area contributed by atoms with Gasteiger partial charge in [0, 0.05) is 34.6 Å². The molecule has 1 fully saturated rings.